The molecule has 2 saturated heterocycles. The lowest BCUT2D eigenvalue weighted by Crippen LogP contribution is -2.50. The van der Waals surface area contributed by atoms with Crippen LogP contribution in [-0.4, -0.2) is 83.3 Å². The van der Waals surface area contributed by atoms with Crippen LogP contribution in [0.15, 0.2) is 18.2 Å². The van der Waals surface area contributed by atoms with Gasteiger partial charge in [0.05, 0.1) is 6.54 Å². The van der Waals surface area contributed by atoms with Crippen LogP contribution in [0.5, 0.6) is 0 Å². The fraction of sp³-hybridized carbons (Fsp3) is 0.565. The van der Waals surface area contributed by atoms with E-state index in [4.69, 9.17) is 0 Å². The highest BCUT2D eigenvalue weighted by molar-refractivity contribution is 6.06. The van der Waals surface area contributed by atoms with Crippen molar-refractivity contribution >= 4 is 29.4 Å². The second-order valence-electron chi connectivity index (χ2n) is 9.09. The number of carbonyl (C=O) groups is 4. The highest BCUT2D eigenvalue weighted by Gasteiger charge is 2.43. The van der Waals surface area contributed by atoms with Crippen molar-refractivity contribution in [2.45, 2.75) is 46.1 Å². The summed E-state index contributed by atoms with van der Waals surface area (Å²) in [5.74, 6) is -0.308. The van der Waals surface area contributed by atoms with Gasteiger partial charge in [0.2, 0.25) is 11.8 Å². The minimum absolute atomic E-state index is 0.0101. The van der Waals surface area contributed by atoms with Crippen molar-refractivity contribution < 1.29 is 19.2 Å². The van der Waals surface area contributed by atoms with Crippen LogP contribution in [0.3, 0.4) is 0 Å². The predicted molar refractivity (Wildman–Crippen MR) is 121 cm³/mol. The Hall–Kier alpha value is -2.94. The summed E-state index contributed by atoms with van der Waals surface area (Å²) in [5.41, 5.74) is 2.04. The van der Waals surface area contributed by atoms with E-state index < -0.39 is 11.6 Å². The molecule has 9 nitrogen and oxygen atoms in total. The number of rotatable bonds is 7. The molecule has 0 radical (unpaired) electrons. The smallest absolute Gasteiger partial charge is 0.325 e. The van der Waals surface area contributed by atoms with Crippen LogP contribution in [0.2, 0.25) is 0 Å². The van der Waals surface area contributed by atoms with Crippen molar-refractivity contribution in [3.05, 3.63) is 29.3 Å². The molecule has 1 aromatic rings. The Balaban J connectivity index is 1.39. The standard InChI is InChI=1S/C23H33N5O4/c1-16-7-5-8-17(2)20(16)24-18(29)15-26-11-13-27(14-12-26)19(30)9-6-10-28-21(31)23(3,4)25-22(28)32/h5,7-8H,6,9-15H2,1-4H3,(H,24,29)(H,25,32). The van der Waals surface area contributed by atoms with E-state index in [1.165, 1.54) is 4.90 Å². The van der Waals surface area contributed by atoms with Gasteiger partial charge in [-0.2, -0.15) is 0 Å². The minimum Gasteiger partial charge on any atom is -0.340 e. The van der Waals surface area contributed by atoms with Crippen molar-refractivity contribution in [2.75, 3.05) is 44.6 Å². The van der Waals surface area contributed by atoms with Gasteiger partial charge in [0.15, 0.2) is 0 Å². The molecule has 0 unspecified atom stereocenters. The van der Waals surface area contributed by atoms with Gasteiger partial charge >= 0.3 is 6.03 Å². The summed E-state index contributed by atoms with van der Waals surface area (Å²) in [6.07, 6.45) is 0.719. The van der Waals surface area contributed by atoms with Crippen LogP contribution >= 0.6 is 0 Å². The molecule has 174 valence electrons. The van der Waals surface area contributed by atoms with Gasteiger partial charge in [-0.05, 0) is 45.2 Å². The number of urea groups is 1. The van der Waals surface area contributed by atoms with Gasteiger partial charge < -0.3 is 15.5 Å². The molecule has 32 heavy (non-hydrogen) atoms. The van der Waals surface area contributed by atoms with E-state index in [9.17, 15) is 19.2 Å². The SMILES string of the molecule is Cc1cccc(C)c1NC(=O)CN1CCN(C(=O)CCCN2C(=O)NC(C)(C)C2=O)CC1. The monoisotopic (exact) mass is 443 g/mol. The zero-order valence-electron chi connectivity index (χ0n) is 19.4. The fourth-order valence-electron chi connectivity index (χ4n) is 4.12. The molecule has 2 N–H and O–H groups in total. The summed E-state index contributed by atoms with van der Waals surface area (Å²) < 4.78 is 0. The van der Waals surface area contributed by atoms with Crippen LogP contribution in [0, 0.1) is 13.8 Å². The third-order valence-electron chi connectivity index (χ3n) is 6.05. The first-order valence-electron chi connectivity index (χ1n) is 11.1. The van der Waals surface area contributed by atoms with Gasteiger partial charge in [-0.25, -0.2) is 4.79 Å². The Morgan fingerprint density at radius 3 is 2.25 bits per heavy atom. The molecule has 0 spiro atoms. The summed E-state index contributed by atoms with van der Waals surface area (Å²) >= 11 is 0. The number of aryl methyl sites for hydroxylation is 2. The second-order valence-corrected chi connectivity index (χ2v) is 9.09. The number of imide groups is 1. The van der Waals surface area contributed by atoms with Crippen molar-refractivity contribution in [2.24, 2.45) is 0 Å². The first kappa shape index (κ1) is 23.7. The van der Waals surface area contributed by atoms with Crippen molar-refractivity contribution in [1.82, 2.24) is 20.0 Å². The number of amides is 5. The van der Waals surface area contributed by atoms with Crippen LogP contribution < -0.4 is 10.6 Å². The molecule has 2 fully saturated rings. The zero-order valence-corrected chi connectivity index (χ0v) is 19.4. The average Bonchev–Trinajstić information content (AvgIpc) is 2.92. The predicted octanol–water partition coefficient (Wildman–Crippen LogP) is 1.50. The van der Waals surface area contributed by atoms with Gasteiger partial charge in [0.1, 0.15) is 5.54 Å². The van der Waals surface area contributed by atoms with E-state index in [1.807, 2.05) is 36.9 Å². The van der Waals surface area contributed by atoms with Gasteiger partial charge in [-0.3, -0.25) is 24.2 Å². The molecule has 3 rings (SSSR count). The number of hydrogen-bond donors (Lipinski definition) is 2. The Morgan fingerprint density at radius 1 is 1.06 bits per heavy atom. The lowest BCUT2D eigenvalue weighted by atomic mass is 10.1. The Kier molecular flexibility index (Phi) is 7.18. The van der Waals surface area contributed by atoms with Crippen molar-refractivity contribution in [1.29, 1.82) is 0 Å². The van der Waals surface area contributed by atoms with Gasteiger partial charge in [0.25, 0.3) is 5.91 Å². The number of nitrogens with one attached hydrogen (secondary N) is 2. The van der Waals surface area contributed by atoms with Crippen LogP contribution in [-0.2, 0) is 14.4 Å². The van der Waals surface area contributed by atoms with Gasteiger partial charge in [0, 0.05) is 44.8 Å². The number of anilines is 1. The molecule has 0 atom stereocenters. The molecule has 0 aliphatic carbocycles. The molecule has 2 aliphatic heterocycles. The molecule has 2 aliphatic rings. The highest BCUT2D eigenvalue weighted by atomic mass is 16.2. The van der Waals surface area contributed by atoms with Crippen LogP contribution in [0.25, 0.3) is 0 Å². The normalized spacial score (nSPS) is 18.6. The third kappa shape index (κ3) is 5.45. The summed E-state index contributed by atoms with van der Waals surface area (Å²) in [4.78, 5) is 54.1. The minimum atomic E-state index is -0.887. The molecular formula is C23H33N5O4. The number of para-hydroxylation sites is 1. The van der Waals surface area contributed by atoms with E-state index in [-0.39, 0.29) is 37.2 Å². The average molecular weight is 444 g/mol. The zero-order chi connectivity index (χ0) is 23.5. The number of benzene rings is 1. The van der Waals surface area contributed by atoms with Gasteiger partial charge in [-0.15, -0.1) is 0 Å². The lowest BCUT2D eigenvalue weighted by molar-refractivity contribution is -0.134. The van der Waals surface area contributed by atoms with E-state index in [0.717, 1.165) is 16.8 Å². The maximum atomic E-state index is 12.5. The van der Waals surface area contributed by atoms with E-state index >= 15 is 0 Å². The molecule has 0 bridgehead atoms. The highest BCUT2D eigenvalue weighted by Crippen LogP contribution is 2.20. The topological polar surface area (TPSA) is 102 Å². The fourth-order valence-corrected chi connectivity index (χ4v) is 4.12. The molecule has 9 heteroatoms. The first-order chi connectivity index (χ1) is 15.1. The molecule has 0 saturated carbocycles. The molecular weight excluding hydrogens is 410 g/mol. The summed E-state index contributed by atoms with van der Waals surface area (Å²) in [7, 11) is 0. The summed E-state index contributed by atoms with van der Waals surface area (Å²) in [5, 5.41) is 5.64. The van der Waals surface area contributed by atoms with Crippen LogP contribution in [0.4, 0.5) is 10.5 Å². The first-order valence-corrected chi connectivity index (χ1v) is 11.1. The van der Waals surface area contributed by atoms with E-state index in [2.05, 4.69) is 10.6 Å². The van der Waals surface area contributed by atoms with Gasteiger partial charge in [-0.1, -0.05) is 18.2 Å². The Morgan fingerprint density at radius 2 is 1.69 bits per heavy atom. The van der Waals surface area contributed by atoms with E-state index in [1.54, 1.807) is 18.7 Å². The molecule has 5 amide bonds. The lowest BCUT2D eigenvalue weighted by Gasteiger charge is -2.34. The molecule has 2 heterocycles. The molecule has 1 aromatic carbocycles. The van der Waals surface area contributed by atoms with E-state index in [0.29, 0.717) is 32.6 Å². The largest absolute Gasteiger partial charge is 0.340 e. The number of piperazine rings is 1. The quantitative estimate of drug-likeness (QED) is 0.622. The van der Waals surface area contributed by atoms with Crippen LogP contribution in [0.1, 0.15) is 37.8 Å². The Labute approximate surface area is 189 Å². The third-order valence-corrected chi connectivity index (χ3v) is 6.05. The number of carbonyl (C=O) groups excluding carboxylic acids is 4. The number of nitrogens with zero attached hydrogens (tertiary/aromatic N) is 3. The maximum Gasteiger partial charge on any atom is 0.325 e. The second kappa shape index (κ2) is 9.68. The van der Waals surface area contributed by atoms with Crippen molar-refractivity contribution in [3.8, 4) is 0 Å². The summed E-state index contributed by atoms with van der Waals surface area (Å²) in [6.45, 7) is 10.2. The maximum absolute atomic E-state index is 12.5. The molecule has 0 aromatic heterocycles. The number of hydrogen-bond acceptors (Lipinski definition) is 5. The summed E-state index contributed by atoms with van der Waals surface area (Å²) in [6, 6.07) is 5.51. The van der Waals surface area contributed by atoms with Crippen molar-refractivity contribution in [3.63, 3.8) is 0 Å². The Bertz CT molecular complexity index is 885.